The van der Waals surface area contributed by atoms with Gasteiger partial charge < -0.3 is 14.7 Å². The van der Waals surface area contributed by atoms with Gasteiger partial charge in [-0.2, -0.15) is 0 Å². The smallest absolute Gasteiger partial charge is 0.248 e. The van der Waals surface area contributed by atoms with Gasteiger partial charge in [-0.15, -0.1) is 0 Å². The Morgan fingerprint density at radius 1 is 1.19 bits per heavy atom. The molecule has 1 aliphatic rings. The quantitative estimate of drug-likeness (QED) is 0.791. The van der Waals surface area contributed by atoms with Crippen LogP contribution in [0.1, 0.15) is 47.4 Å². The van der Waals surface area contributed by atoms with Gasteiger partial charge >= 0.3 is 0 Å². The lowest BCUT2D eigenvalue weighted by molar-refractivity contribution is -0.136. The molecule has 1 aromatic heterocycles. The van der Waals surface area contributed by atoms with Crippen LogP contribution in [-0.2, 0) is 9.59 Å². The Bertz CT molecular complexity index is 841. The second kappa shape index (κ2) is 8.16. The summed E-state index contributed by atoms with van der Waals surface area (Å²) in [6, 6.07) is 8.38. The lowest BCUT2D eigenvalue weighted by atomic mass is 10.0. The average molecular weight is 369 g/mol. The average Bonchev–Trinajstić information content (AvgIpc) is 3.29. The number of anilines is 1. The fourth-order valence-electron chi connectivity index (χ4n) is 3.22. The van der Waals surface area contributed by atoms with E-state index in [4.69, 9.17) is 4.52 Å². The number of rotatable bonds is 6. The monoisotopic (exact) mass is 369 g/mol. The van der Waals surface area contributed by atoms with Crippen molar-refractivity contribution in [2.24, 2.45) is 0 Å². The van der Waals surface area contributed by atoms with E-state index < -0.39 is 6.04 Å². The molecule has 0 unspecified atom stereocenters. The van der Waals surface area contributed by atoms with E-state index in [0.29, 0.717) is 30.1 Å². The Balaban J connectivity index is 1.55. The molecule has 1 N–H and O–H groups in total. The summed E-state index contributed by atoms with van der Waals surface area (Å²) in [4.78, 5) is 38.9. The van der Waals surface area contributed by atoms with Crippen LogP contribution >= 0.6 is 0 Å². The van der Waals surface area contributed by atoms with Gasteiger partial charge in [-0.1, -0.05) is 35.0 Å². The number of aromatic nitrogens is 1. The second-order valence-corrected chi connectivity index (χ2v) is 6.85. The molecule has 27 heavy (non-hydrogen) atoms. The molecule has 0 spiro atoms. The third-order valence-corrected chi connectivity index (χ3v) is 4.69. The molecule has 1 fully saturated rings. The minimum Gasteiger partial charge on any atom is -0.360 e. The summed E-state index contributed by atoms with van der Waals surface area (Å²) >= 11 is 0. The molecule has 0 saturated carbocycles. The zero-order chi connectivity index (χ0) is 19.4. The zero-order valence-electron chi connectivity index (χ0n) is 15.5. The normalized spacial score (nSPS) is 16.4. The van der Waals surface area contributed by atoms with Crippen molar-refractivity contribution < 1.29 is 18.9 Å². The highest BCUT2D eigenvalue weighted by atomic mass is 16.5. The topological polar surface area (TPSA) is 92.5 Å². The molecule has 1 saturated heterocycles. The maximum atomic E-state index is 12.6. The maximum Gasteiger partial charge on any atom is 0.248 e. The van der Waals surface area contributed by atoms with Crippen molar-refractivity contribution in [3.05, 3.63) is 47.2 Å². The van der Waals surface area contributed by atoms with Crippen molar-refractivity contribution in [1.82, 2.24) is 10.1 Å². The van der Waals surface area contributed by atoms with Gasteiger partial charge in [0.05, 0.1) is 0 Å². The number of hydrogen-bond donors (Lipinski definition) is 1. The fraction of sp³-hybridized carbons (Fsp3) is 0.400. The Morgan fingerprint density at radius 2 is 1.93 bits per heavy atom. The van der Waals surface area contributed by atoms with Gasteiger partial charge in [0, 0.05) is 31.0 Å². The van der Waals surface area contributed by atoms with Crippen LogP contribution in [0.4, 0.5) is 5.82 Å². The highest BCUT2D eigenvalue weighted by Crippen LogP contribution is 2.21. The Morgan fingerprint density at radius 3 is 2.59 bits per heavy atom. The predicted molar refractivity (Wildman–Crippen MR) is 99.3 cm³/mol. The van der Waals surface area contributed by atoms with Gasteiger partial charge in [0.1, 0.15) is 11.8 Å². The lowest BCUT2D eigenvalue weighted by Crippen LogP contribution is -2.43. The van der Waals surface area contributed by atoms with Crippen molar-refractivity contribution in [2.45, 2.75) is 45.6 Å². The van der Waals surface area contributed by atoms with Crippen LogP contribution in [-0.4, -0.2) is 40.2 Å². The summed E-state index contributed by atoms with van der Waals surface area (Å²) in [5.41, 5.74) is 1.68. The molecular formula is C20H23N3O4. The molecule has 142 valence electrons. The molecule has 2 aromatic rings. The number of benzene rings is 1. The number of amides is 2. The highest BCUT2D eigenvalue weighted by Gasteiger charge is 2.34. The van der Waals surface area contributed by atoms with Crippen LogP contribution in [0, 0.1) is 13.8 Å². The van der Waals surface area contributed by atoms with E-state index in [1.807, 2.05) is 19.1 Å². The SMILES string of the molecule is Cc1ccc(C(=O)CCC(=O)N2CCC[C@H]2C(=O)Nc2cc(C)on2)cc1. The highest BCUT2D eigenvalue weighted by molar-refractivity contribution is 5.99. The van der Waals surface area contributed by atoms with Gasteiger partial charge in [0.25, 0.3) is 0 Å². The van der Waals surface area contributed by atoms with Crippen LogP contribution in [0.25, 0.3) is 0 Å². The van der Waals surface area contributed by atoms with Crippen LogP contribution in [0.3, 0.4) is 0 Å². The molecule has 7 nitrogen and oxygen atoms in total. The molecule has 1 aliphatic heterocycles. The largest absolute Gasteiger partial charge is 0.360 e. The van der Waals surface area contributed by atoms with Crippen LogP contribution in [0.15, 0.2) is 34.9 Å². The number of hydrogen-bond acceptors (Lipinski definition) is 5. The first-order valence-corrected chi connectivity index (χ1v) is 9.07. The summed E-state index contributed by atoms with van der Waals surface area (Å²) in [6.07, 6.45) is 1.59. The summed E-state index contributed by atoms with van der Waals surface area (Å²) in [6.45, 7) is 4.21. The molecule has 0 bridgehead atoms. The van der Waals surface area contributed by atoms with E-state index in [2.05, 4.69) is 10.5 Å². The van der Waals surface area contributed by atoms with Crippen molar-refractivity contribution in [3.8, 4) is 0 Å². The molecule has 7 heteroatoms. The third-order valence-electron chi connectivity index (χ3n) is 4.69. The van der Waals surface area contributed by atoms with Crippen molar-refractivity contribution in [1.29, 1.82) is 0 Å². The summed E-state index contributed by atoms with van der Waals surface area (Å²) in [7, 11) is 0. The third kappa shape index (κ3) is 4.61. The minimum atomic E-state index is -0.538. The maximum absolute atomic E-state index is 12.6. The Hall–Kier alpha value is -2.96. The molecule has 1 atom stereocenters. The molecular weight excluding hydrogens is 346 g/mol. The number of ketones is 1. The fourth-order valence-corrected chi connectivity index (χ4v) is 3.22. The molecule has 0 radical (unpaired) electrons. The van der Waals surface area contributed by atoms with Gasteiger partial charge in [-0.05, 0) is 26.7 Å². The number of likely N-dealkylation sites (tertiary alicyclic amines) is 1. The minimum absolute atomic E-state index is 0.0679. The van der Waals surface area contributed by atoms with Crippen LogP contribution in [0.5, 0.6) is 0 Å². The number of carbonyl (C=O) groups is 3. The number of carbonyl (C=O) groups excluding carboxylic acids is 3. The van der Waals surface area contributed by atoms with E-state index in [-0.39, 0.29) is 30.4 Å². The van der Waals surface area contributed by atoms with Crippen molar-refractivity contribution in [2.75, 3.05) is 11.9 Å². The lowest BCUT2D eigenvalue weighted by Gasteiger charge is -2.23. The van der Waals surface area contributed by atoms with Crippen molar-refractivity contribution in [3.63, 3.8) is 0 Å². The Kier molecular flexibility index (Phi) is 5.69. The molecule has 1 aromatic carbocycles. The first-order chi connectivity index (χ1) is 12.9. The van der Waals surface area contributed by atoms with Crippen LogP contribution < -0.4 is 5.32 Å². The first kappa shape index (κ1) is 18.8. The van der Waals surface area contributed by atoms with Crippen LogP contribution in [0.2, 0.25) is 0 Å². The van der Waals surface area contributed by atoms with Gasteiger partial charge in [-0.25, -0.2) is 0 Å². The van der Waals surface area contributed by atoms with E-state index in [9.17, 15) is 14.4 Å². The summed E-state index contributed by atoms with van der Waals surface area (Å²) in [5.74, 6) is 0.413. The number of Topliss-reactive ketones (excluding diaryl/α,β-unsaturated/α-hetero) is 1. The summed E-state index contributed by atoms with van der Waals surface area (Å²) in [5, 5.41) is 6.42. The zero-order valence-corrected chi connectivity index (χ0v) is 15.5. The predicted octanol–water partition coefficient (Wildman–Crippen LogP) is 2.88. The van der Waals surface area contributed by atoms with Gasteiger partial charge in [-0.3, -0.25) is 14.4 Å². The summed E-state index contributed by atoms with van der Waals surface area (Å²) < 4.78 is 4.93. The molecule has 2 heterocycles. The van der Waals surface area contributed by atoms with Gasteiger partial charge in [0.2, 0.25) is 11.8 Å². The molecule has 3 rings (SSSR count). The van der Waals surface area contributed by atoms with E-state index in [0.717, 1.165) is 12.0 Å². The Labute approximate surface area is 157 Å². The number of aryl methyl sites for hydroxylation is 2. The molecule has 2 amide bonds. The van der Waals surface area contributed by atoms with E-state index >= 15 is 0 Å². The number of nitrogens with one attached hydrogen (secondary N) is 1. The second-order valence-electron chi connectivity index (χ2n) is 6.85. The first-order valence-electron chi connectivity index (χ1n) is 9.07. The molecule has 0 aliphatic carbocycles. The van der Waals surface area contributed by atoms with Crippen molar-refractivity contribution >= 4 is 23.4 Å². The van der Waals surface area contributed by atoms with Gasteiger partial charge in [0.15, 0.2) is 11.6 Å². The number of nitrogens with zero attached hydrogens (tertiary/aromatic N) is 2. The van der Waals surface area contributed by atoms with E-state index in [1.54, 1.807) is 30.0 Å². The van der Waals surface area contributed by atoms with E-state index in [1.165, 1.54) is 0 Å². The standard InChI is InChI=1S/C20H23N3O4/c1-13-5-7-15(8-6-13)17(24)9-10-19(25)23-11-3-4-16(23)20(26)21-18-12-14(2)27-22-18/h5-8,12,16H,3-4,9-11H2,1-2H3,(H,21,22,26)/t16-/m0/s1.